The van der Waals surface area contributed by atoms with Crippen molar-refractivity contribution in [1.82, 2.24) is 10.6 Å². The Hall–Kier alpha value is -0.0800. The van der Waals surface area contributed by atoms with Gasteiger partial charge in [-0.3, -0.25) is 4.99 Å². The van der Waals surface area contributed by atoms with E-state index >= 15 is 0 Å². The summed E-state index contributed by atoms with van der Waals surface area (Å²) in [6, 6.07) is 0. The van der Waals surface area contributed by atoms with Gasteiger partial charge in [0.2, 0.25) is 0 Å². The number of hydrogen-bond donors (Lipinski definition) is 3. The molecule has 0 aromatic heterocycles. The number of aliphatic imine (C=N–C) groups is 1. The average Bonchev–Trinajstić information content (AvgIpc) is 2.90. The predicted molar refractivity (Wildman–Crippen MR) is 103 cm³/mol. The second-order valence-corrected chi connectivity index (χ2v) is 6.43. The Morgan fingerprint density at radius 1 is 1.36 bits per heavy atom. The monoisotopic (exact) mass is 427 g/mol. The second-order valence-electron chi connectivity index (χ2n) is 6.43. The molecule has 132 valence electrons. The topological polar surface area (TPSA) is 65.9 Å². The van der Waals surface area contributed by atoms with E-state index in [4.69, 9.17) is 9.73 Å². The lowest BCUT2D eigenvalue weighted by molar-refractivity contribution is 0.131. The molecule has 1 heterocycles. The van der Waals surface area contributed by atoms with Crippen LogP contribution in [0.1, 0.15) is 46.5 Å². The van der Waals surface area contributed by atoms with Crippen molar-refractivity contribution < 1.29 is 9.84 Å². The van der Waals surface area contributed by atoms with Gasteiger partial charge in [0, 0.05) is 31.7 Å². The first-order valence-corrected chi connectivity index (χ1v) is 8.32. The number of aliphatic hydroxyl groups excluding tert-OH is 1. The lowest BCUT2D eigenvalue weighted by atomic mass is 9.84. The zero-order valence-electron chi connectivity index (χ0n) is 14.4. The van der Waals surface area contributed by atoms with Crippen molar-refractivity contribution in [1.29, 1.82) is 0 Å². The van der Waals surface area contributed by atoms with E-state index < -0.39 is 0 Å². The van der Waals surface area contributed by atoms with Crippen LogP contribution in [0.25, 0.3) is 0 Å². The number of rotatable bonds is 9. The molecule has 1 atom stereocenters. The Bertz CT molecular complexity index is 306. The molecule has 6 heteroatoms. The molecule has 0 aliphatic carbocycles. The van der Waals surface area contributed by atoms with E-state index in [-0.39, 0.29) is 36.0 Å². The summed E-state index contributed by atoms with van der Waals surface area (Å²) in [6.07, 6.45) is 4.15. The quantitative estimate of drug-likeness (QED) is 0.229. The first-order valence-electron chi connectivity index (χ1n) is 8.32. The fourth-order valence-electron chi connectivity index (χ4n) is 2.59. The summed E-state index contributed by atoms with van der Waals surface area (Å²) in [6.45, 7) is 10.8. The van der Waals surface area contributed by atoms with Crippen molar-refractivity contribution in [2.45, 2.75) is 46.5 Å². The zero-order valence-corrected chi connectivity index (χ0v) is 16.7. The SMILES string of the molecule is CCNC(=NCC1(CCO)CCOC1)NCCCC(C)C.I. The Morgan fingerprint density at radius 2 is 2.14 bits per heavy atom. The van der Waals surface area contributed by atoms with E-state index in [1.54, 1.807) is 0 Å². The summed E-state index contributed by atoms with van der Waals surface area (Å²) in [5.41, 5.74) is 0.0229. The molecule has 5 nitrogen and oxygen atoms in total. The highest BCUT2D eigenvalue weighted by Crippen LogP contribution is 2.32. The smallest absolute Gasteiger partial charge is 0.191 e. The molecule has 1 unspecified atom stereocenters. The summed E-state index contributed by atoms with van der Waals surface area (Å²) in [5.74, 6) is 1.63. The minimum atomic E-state index is 0. The van der Waals surface area contributed by atoms with Crippen LogP contribution >= 0.6 is 24.0 Å². The van der Waals surface area contributed by atoms with Crippen molar-refractivity contribution in [3.63, 3.8) is 0 Å². The molecule has 0 bridgehead atoms. The normalized spacial score (nSPS) is 21.8. The molecule has 1 aliphatic rings. The lowest BCUT2D eigenvalue weighted by Crippen LogP contribution is -2.39. The summed E-state index contributed by atoms with van der Waals surface area (Å²) >= 11 is 0. The highest BCUT2D eigenvalue weighted by Gasteiger charge is 2.34. The molecule has 1 rings (SSSR count). The molecule has 1 aliphatic heterocycles. The van der Waals surface area contributed by atoms with Gasteiger partial charge in [0.05, 0.1) is 13.2 Å². The molecule has 0 spiro atoms. The van der Waals surface area contributed by atoms with Crippen LogP contribution in [0.3, 0.4) is 0 Å². The Morgan fingerprint density at radius 3 is 2.68 bits per heavy atom. The molecule has 0 aromatic carbocycles. The van der Waals surface area contributed by atoms with Crippen LogP contribution in [-0.2, 0) is 4.74 Å². The third-order valence-corrected chi connectivity index (χ3v) is 3.99. The van der Waals surface area contributed by atoms with Crippen LogP contribution in [0.4, 0.5) is 0 Å². The number of hydrogen-bond acceptors (Lipinski definition) is 3. The first-order chi connectivity index (χ1) is 10.1. The van der Waals surface area contributed by atoms with Gasteiger partial charge in [0.1, 0.15) is 0 Å². The molecule has 1 fully saturated rings. The van der Waals surface area contributed by atoms with Crippen LogP contribution in [0, 0.1) is 11.3 Å². The molecule has 0 saturated carbocycles. The van der Waals surface area contributed by atoms with Gasteiger partial charge < -0.3 is 20.5 Å². The molecular formula is C16H34IN3O2. The van der Waals surface area contributed by atoms with E-state index in [9.17, 15) is 5.11 Å². The van der Waals surface area contributed by atoms with Crippen molar-refractivity contribution >= 4 is 29.9 Å². The third kappa shape index (κ3) is 8.53. The van der Waals surface area contributed by atoms with Crippen molar-refractivity contribution in [3.8, 4) is 0 Å². The number of guanidine groups is 1. The highest BCUT2D eigenvalue weighted by atomic mass is 127. The molecule has 3 N–H and O–H groups in total. The zero-order chi connectivity index (χ0) is 15.6. The standard InChI is InChI=1S/C16H33N3O2.HI/c1-4-17-15(18-9-5-6-14(2)3)19-12-16(7-10-20)8-11-21-13-16;/h14,20H,4-13H2,1-3H3,(H2,17,18,19);1H. The number of aliphatic hydroxyl groups is 1. The summed E-state index contributed by atoms with van der Waals surface area (Å²) in [5, 5.41) is 15.9. The minimum Gasteiger partial charge on any atom is -0.396 e. The van der Waals surface area contributed by atoms with Gasteiger partial charge in [-0.25, -0.2) is 0 Å². The Labute approximate surface area is 152 Å². The van der Waals surface area contributed by atoms with E-state index in [0.717, 1.165) is 50.8 Å². The predicted octanol–water partition coefficient (Wildman–Crippen LogP) is 2.38. The summed E-state index contributed by atoms with van der Waals surface area (Å²) in [4.78, 5) is 4.71. The van der Waals surface area contributed by atoms with E-state index in [1.807, 2.05) is 0 Å². The average molecular weight is 427 g/mol. The molecule has 22 heavy (non-hydrogen) atoms. The van der Waals surface area contributed by atoms with E-state index in [1.165, 1.54) is 6.42 Å². The van der Waals surface area contributed by atoms with Gasteiger partial charge in [-0.1, -0.05) is 13.8 Å². The van der Waals surface area contributed by atoms with Crippen molar-refractivity contribution in [2.75, 3.05) is 39.5 Å². The molecule has 0 amide bonds. The summed E-state index contributed by atoms with van der Waals surface area (Å²) in [7, 11) is 0. The van der Waals surface area contributed by atoms with Gasteiger partial charge in [-0.15, -0.1) is 24.0 Å². The lowest BCUT2D eigenvalue weighted by Gasteiger charge is -2.24. The summed E-state index contributed by atoms with van der Waals surface area (Å²) < 4.78 is 5.51. The molecule has 0 radical (unpaired) electrons. The molecule has 1 saturated heterocycles. The van der Waals surface area contributed by atoms with Gasteiger partial charge in [0.25, 0.3) is 0 Å². The Kier molecular flexibility index (Phi) is 12.3. The largest absolute Gasteiger partial charge is 0.396 e. The van der Waals surface area contributed by atoms with Crippen LogP contribution in [0.15, 0.2) is 4.99 Å². The second kappa shape index (κ2) is 12.4. The van der Waals surface area contributed by atoms with E-state index in [2.05, 4.69) is 31.4 Å². The van der Waals surface area contributed by atoms with Crippen molar-refractivity contribution in [3.05, 3.63) is 0 Å². The molecule has 0 aromatic rings. The maximum absolute atomic E-state index is 9.25. The molecular weight excluding hydrogens is 393 g/mol. The number of nitrogens with one attached hydrogen (secondary N) is 2. The minimum absolute atomic E-state index is 0. The van der Waals surface area contributed by atoms with Crippen LogP contribution in [0.2, 0.25) is 0 Å². The van der Waals surface area contributed by atoms with Crippen LogP contribution in [-0.4, -0.2) is 50.5 Å². The van der Waals surface area contributed by atoms with Crippen LogP contribution in [0.5, 0.6) is 0 Å². The third-order valence-electron chi connectivity index (χ3n) is 3.99. The van der Waals surface area contributed by atoms with E-state index in [0.29, 0.717) is 13.2 Å². The Balaban J connectivity index is 0.00000441. The fourth-order valence-corrected chi connectivity index (χ4v) is 2.59. The first kappa shape index (κ1) is 21.9. The maximum atomic E-state index is 9.25. The van der Waals surface area contributed by atoms with Gasteiger partial charge in [0.15, 0.2) is 5.96 Å². The number of nitrogens with zero attached hydrogens (tertiary/aromatic N) is 1. The van der Waals surface area contributed by atoms with Gasteiger partial charge >= 0.3 is 0 Å². The number of halogens is 1. The fraction of sp³-hybridized carbons (Fsp3) is 0.938. The van der Waals surface area contributed by atoms with Gasteiger partial charge in [-0.05, 0) is 38.5 Å². The highest BCUT2D eigenvalue weighted by molar-refractivity contribution is 14.0. The van der Waals surface area contributed by atoms with Crippen molar-refractivity contribution in [2.24, 2.45) is 16.3 Å². The maximum Gasteiger partial charge on any atom is 0.191 e. The number of ether oxygens (including phenoxy) is 1. The van der Waals surface area contributed by atoms with Gasteiger partial charge in [-0.2, -0.15) is 0 Å². The van der Waals surface area contributed by atoms with Crippen LogP contribution < -0.4 is 10.6 Å².